The maximum atomic E-state index is 11.4. The number of hydrogen-bond donors (Lipinski definition) is 4. The van der Waals surface area contributed by atoms with Gasteiger partial charge in [-0.05, 0) is 12.8 Å². The van der Waals surface area contributed by atoms with Gasteiger partial charge in [-0.2, -0.15) is 0 Å². The molecule has 0 aliphatic carbocycles. The second kappa shape index (κ2) is 7.19. The van der Waals surface area contributed by atoms with Crippen molar-refractivity contribution in [1.29, 1.82) is 0 Å². The van der Waals surface area contributed by atoms with E-state index < -0.39 is 6.04 Å². The fourth-order valence-electron chi connectivity index (χ4n) is 0.959. The minimum atomic E-state index is -0.608. The van der Waals surface area contributed by atoms with Crippen molar-refractivity contribution in [2.45, 2.75) is 32.9 Å². The number of aliphatic hydroxyl groups excluding tert-OH is 1. The summed E-state index contributed by atoms with van der Waals surface area (Å²) in [5.41, 5.74) is 5.59. The maximum absolute atomic E-state index is 11.4. The number of nitrogens with one attached hydrogen (secondary N) is 2. The van der Waals surface area contributed by atoms with Crippen LogP contribution in [-0.2, 0) is 9.59 Å². The Balaban J connectivity index is 3.88. The van der Waals surface area contributed by atoms with Crippen LogP contribution in [0, 0.1) is 5.92 Å². The van der Waals surface area contributed by atoms with Crippen LogP contribution in [-0.4, -0.2) is 42.2 Å². The fourth-order valence-corrected chi connectivity index (χ4v) is 0.959. The van der Waals surface area contributed by atoms with Crippen molar-refractivity contribution < 1.29 is 14.7 Å². The molecule has 0 aromatic heterocycles. The molecule has 2 amide bonds. The van der Waals surface area contributed by atoms with Crippen LogP contribution in [0.15, 0.2) is 0 Å². The monoisotopic (exact) mass is 231 g/mol. The van der Waals surface area contributed by atoms with Gasteiger partial charge in [0.2, 0.25) is 11.8 Å². The summed E-state index contributed by atoms with van der Waals surface area (Å²) in [5, 5.41) is 13.6. The highest BCUT2D eigenvalue weighted by Crippen LogP contribution is 1.97. The Morgan fingerprint density at radius 1 is 1.31 bits per heavy atom. The van der Waals surface area contributed by atoms with Crippen molar-refractivity contribution >= 4 is 11.8 Å². The van der Waals surface area contributed by atoms with Gasteiger partial charge in [0.1, 0.15) is 0 Å². The molecular formula is C10H21N3O3. The highest BCUT2D eigenvalue weighted by atomic mass is 16.3. The van der Waals surface area contributed by atoms with Gasteiger partial charge in [-0.25, -0.2) is 0 Å². The topological polar surface area (TPSA) is 104 Å². The van der Waals surface area contributed by atoms with Crippen LogP contribution < -0.4 is 16.4 Å². The van der Waals surface area contributed by atoms with Crippen molar-refractivity contribution in [3.63, 3.8) is 0 Å². The average molecular weight is 231 g/mol. The van der Waals surface area contributed by atoms with Gasteiger partial charge >= 0.3 is 0 Å². The van der Waals surface area contributed by atoms with E-state index in [-0.39, 0.29) is 36.9 Å². The predicted octanol–water partition coefficient (Wildman–Crippen LogP) is -1.42. The van der Waals surface area contributed by atoms with Crippen LogP contribution in [0.1, 0.15) is 20.8 Å². The lowest BCUT2D eigenvalue weighted by molar-refractivity contribution is -0.127. The van der Waals surface area contributed by atoms with Crippen LogP contribution in [0.2, 0.25) is 0 Å². The van der Waals surface area contributed by atoms with E-state index in [0.29, 0.717) is 0 Å². The number of carbonyl (C=O) groups excluding carboxylic acids is 2. The third kappa shape index (κ3) is 5.67. The Kier molecular flexibility index (Phi) is 6.67. The van der Waals surface area contributed by atoms with E-state index in [0.717, 1.165) is 0 Å². The van der Waals surface area contributed by atoms with E-state index in [1.807, 2.05) is 13.8 Å². The molecule has 0 saturated carbocycles. The smallest absolute Gasteiger partial charge is 0.239 e. The number of nitrogens with two attached hydrogens (primary N) is 1. The van der Waals surface area contributed by atoms with Crippen LogP contribution >= 0.6 is 0 Å². The lowest BCUT2D eigenvalue weighted by Crippen LogP contribution is -2.48. The molecule has 0 aliphatic heterocycles. The SMILES string of the molecule is CC(C)[C@H](N)C(=O)NCC(=O)N[C@@H](C)CO. The molecule has 6 nitrogen and oxygen atoms in total. The van der Waals surface area contributed by atoms with E-state index in [2.05, 4.69) is 10.6 Å². The highest BCUT2D eigenvalue weighted by Gasteiger charge is 2.17. The van der Waals surface area contributed by atoms with Gasteiger partial charge < -0.3 is 21.5 Å². The van der Waals surface area contributed by atoms with E-state index in [1.54, 1.807) is 6.92 Å². The Morgan fingerprint density at radius 3 is 2.31 bits per heavy atom. The molecule has 0 saturated heterocycles. The zero-order valence-corrected chi connectivity index (χ0v) is 9.99. The van der Waals surface area contributed by atoms with Gasteiger partial charge in [0.15, 0.2) is 0 Å². The molecule has 0 rings (SSSR count). The largest absolute Gasteiger partial charge is 0.394 e. The third-order valence-corrected chi connectivity index (χ3v) is 2.13. The summed E-state index contributed by atoms with van der Waals surface area (Å²) in [6.45, 7) is 5.07. The Hall–Kier alpha value is -1.14. The summed E-state index contributed by atoms with van der Waals surface area (Å²) in [5.74, 6) is -0.660. The molecule has 16 heavy (non-hydrogen) atoms. The Bertz CT molecular complexity index is 243. The fraction of sp³-hybridized carbons (Fsp3) is 0.800. The molecule has 0 unspecified atom stereocenters. The zero-order valence-electron chi connectivity index (χ0n) is 9.99. The van der Waals surface area contributed by atoms with Gasteiger partial charge in [0, 0.05) is 6.04 Å². The van der Waals surface area contributed by atoms with Crippen molar-refractivity contribution in [2.75, 3.05) is 13.2 Å². The van der Waals surface area contributed by atoms with E-state index >= 15 is 0 Å². The molecule has 0 heterocycles. The zero-order chi connectivity index (χ0) is 12.7. The van der Waals surface area contributed by atoms with Gasteiger partial charge in [-0.3, -0.25) is 9.59 Å². The van der Waals surface area contributed by atoms with Gasteiger partial charge in [-0.1, -0.05) is 13.8 Å². The number of aliphatic hydroxyl groups is 1. The van der Waals surface area contributed by atoms with Crippen LogP contribution in [0.3, 0.4) is 0 Å². The van der Waals surface area contributed by atoms with E-state index in [4.69, 9.17) is 10.8 Å². The third-order valence-electron chi connectivity index (χ3n) is 2.13. The second-order valence-corrected chi connectivity index (χ2v) is 4.14. The first-order valence-corrected chi connectivity index (χ1v) is 5.32. The molecule has 0 fully saturated rings. The number of hydrogen-bond acceptors (Lipinski definition) is 4. The van der Waals surface area contributed by atoms with Crippen molar-refractivity contribution in [2.24, 2.45) is 11.7 Å². The molecule has 2 atom stereocenters. The first-order chi connectivity index (χ1) is 7.38. The van der Waals surface area contributed by atoms with Crippen molar-refractivity contribution in [3.8, 4) is 0 Å². The Labute approximate surface area is 95.6 Å². The van der Waals surface area contributed by atoms with Crippen molar-refractivity contribution in [3.05, 3.63) is 0 Å². The molecule has 0 bridgehead atoms. The van der Waals surface area contributed by atoms with Gasteiger partial charge in [-0.15, -0.1) is 0 Å². The predicted molar refractivity (Wildman–Crippen MR) is 60.5 cm³/mol. The summed E-state index contributed by atoms with van der Waals surface area (Å²) < 4.78 is 0. The van der Waals surface area contributed by atoms with Gasteiger partial charge in [0.25, 0.3) is 0 Å². The number of rotatable bonds is 6. The quantitative estimate of drug-likeness (QED) is 0.450. The molecule has 0 spiro atoms. The summed E-state index contributed by atoms with van der Waals surface area (Å²) in [6.07, 6.45) is 0. The molecule has 94 valence electrons. The van der Waals surface area contributed by atoms with Crippen molar-refractivity contribution in [1.82, 2.24) is 10.6 Å². The summed E-state index contributed by atoms with van der Waals surface area (Å²) >= 11 is 0. The van der Waals surface area contributed by atoms with Gasteiger partial charge in [0.05, 0.1) is 19.2 Å². The minimum Gasteiger partial charge on any atom is -0.394 e. The lowest BCUT2D eigenvalue weighted by Gasteiger charge is -2.16. The number of amides is 2. The van der Waals surface area contributed by atoms with Crippen LogP contribution in [0.4, 0.5) is 0 Å². The van der Waals surface area contributed by atoms with E-state index in [9.17, 15) is 9.59 Å². The summed E-state index contributed by atoms with van der Waals surface area (Å²) in [7, 11) is 0. The molecule has 5 N–H and O–H groups in total. The van der Waals surface area contributed by atoms with Crippen LogP contribution in [0.25, 0.3) is 0 Å². The highest BCUT2D eigenvalue weighted by molar-refractivity contribution is 5.87. The Morgan fingerprint density at radius 2 is 1.88 bits per heavy atom. The second-order valence-electron chi connectivity index (χ2n) is 4.14. The molecule has 0 aromatic rings. The normalized spacial score (nSPS) is 14.4. The standard InChI is InChI=1S/C10H21N3O3/c1-6(2)9(11)10(16)12-4-8(15)13-7(3)5-14/h6-7,9,14H,4-5,11H2,1-3H3,(H,12,16)(H,13,15)/t7-,9-/m0/s1. The van der Waals surface area contributed by atoms with Crippen LogP contribution in [0.5, 0.6) is 0 Å². The molecule has 0 aromatic carbocycles. The summed E-state index contributed by atoms with van der Waals surface area (Å²) in [6, 6.07) is -0.925. The number of carbonyl (C=O) groups is 2. The van der Waals surface area contributed by atoms with E-state index in [1.165, 1.54) is 0 Å². The first-order valence-electron chi connectivity index (χ1n) is 5.32. The lowest BCUT2D eigenvalue weighted by atomic mass is 10.1. The first kappa shape index (κ1) is 14.9. The molecule has 0 radical (unpaired) electrons. The average Bonchev–Trinajstić information content (AvgIpc) is 2.24. The molecular weight excluding hydrogens is 210 g/mol. The summed E-state index contributed by atoms with van der Waals surface area (Å²) in [4.78, 5) is 22.6. The molecule has 6 heteroatoms. The molecule has 0 aliphatic rings. The minimum absolute atomic E-state index is 0.0272. The maximum Gasteiger partial charge on any atom is 0.239 e.